The fourth-order valence-electron chi connectivity index (χ4n) is 3.13. The lowest BCUT2D eigenvalue weighted by Gasteiger charge is -2.25. The fraction of sp³-hybridized carbons (Fsp3) is 0.667. The molecule has 2 N–H and O–H groups in total. The van der Waals surface area contributed by atoms with E-state index in [2.05, 4.69) is 65.0 Å². The number of rotatable bonds is 11. The van der Waals surface area contributed by atoms with Crippen LogP contribution in [0, 0.1) is 0 Å². The summed E-state index contributed by atoms with van der Waals surface area (Å²) in [6.07, 6.45) is 4.56. The molecule has 2 rings (SSSR count). The number of nitrogens with one attached hydrogen (secondary N) is 2. The van der Waals surface area contributed by atoms with Crippen molar-refractivity contribution in [3.05, 3.63) is 35.9 Å². The number of nitrogens with zero attached hydrogens (tertiary/aromatic N) is 2. The minimum absolute atomic E-state index is 0. The second kappa shape index (κ2) is 15.0. The van der Waals surface area contributed by atoms with Crippen LogP contribution in [0.3, 0.4) is 0 Å². The summed E-state index contributed by atoms with van der Waals surface area (Å²) in [5.41, 5.74) is 1.35. The first-order valence-corrected chi connectivity index (χ1v) is 10.0. The highest BCUT2D eigenvalue weighted by Crippen LogP contribution is 2.11. The maximum absolute atomic E-state index is 5.70. The monoisotopic (exact) mass is 504 g/mol. The molecule has 1 aliphatic heterocycles. The van der Waals surface area contributed by atoms with Crippen LogP contribution < -0.4 is 10.6 Å². The van der Waals surface area contributed by atoms with Crippen LogP contribution in [0.1, 0.15) is 24.8 Å². The van der Waals surface area contributed by atoms with Gasteiger partial charge in [-0.2, -0.15) is 0 Å². The van der Waals surface area contributed by atoms with Gasteiger partial charge in [-0.1, -0.05) is 30.3 Å². The van der Waals surface area contributed by atoms with Crippen LogP contribution >= 0.6 is 24.0 Å². The zero-order chi connectivity index (χ0) is 19.3. The van der Waals surface area contributed by atoms with E-state index in [1.807, 2.05) is 7.05 Å². The molecule has 1 aromatic rings. The van der Waals surface area contributed by atoms with Gasteiger partial charge >= 0.3 is 0 Å². The van der Waals surface area contributed by atoms with E-state index < -0.39 is 0 Å². The standard InChI is InChI=1S/C21H36N4O2.HI/c1-22-21(23-12-8-13-26-17-20-11-7-14-27-20)24-16-19(25(2)3)15-18-9-5-4-6-10-18;/h4-6,9-10,19-20H,7-8,11-17H2,1-3H3,(H2,22,23,24);1H. The Morgan fingerprint density at radius 2 is 2.07 bits per heavy atom. The van der Waals surface area contributed by atoms with Gasteiger partial charge in [0.05, 0.1) is 12.7 Å². The van der Waals surface area contributed by atoms with Crippen LogP contribution in [-0.2, 0) is 15.9 Å². The van der Waals surface area contributed by atoms with Crippen molar-refractivity contribution in [1.29, 1.82) is 0 Å². The highest BCUT2D eigenvalue weighted by Gasteiger charge is 2.15. The zero-order valence-electron chi connectivity index (χ0n) is 17.5. The number of likely N-dealkylation sites (N-methyl/N-ethyl adjacent to an activating group) is 1. The SMILES string of the molecule is CN=C(NCCCOCC1CCCO1)NCC(Cc1ccccc1)N(C)C.I. The summed E-state index contributed by atoms with van der Waals surface area (Å²) < 4.78 is 11.3. The van der Waals surface area contributed by atoms with Crippen molar-refractivity contribution in [2.24, 2.45) is 4.99 Å². The third kappa shape index (κ3) is 10.0. The largest absolute Gasteiger partial charge is 0.379 e. The first-order valence-electron chi connectivity index (χ1n) is 10.0. The predicted molar refractivity (Wildman–Crippen MR) is 127 cm³/mol. The number of hydrogen-bond donors (Lipinski definition) is 2. The Balaban J connectivity index is 0.00000392. The lowest BCUT2D eigenvalue weighted by atomic mass is 10.1. The average molecular weight is 504 g/mol. The Kier molecular flexibility index (Phi) is 13.5. The maximum atomic E-state index is 5.70. The number of aliphatic imine (C=N–C) groups is 1. The molecule has 1 heterocycles. The molecule has 2 unspecified atom stereocenters. The maximum Gasteiger partial charge on any atom is 0.191 e. The third-order valence-corrected chi connectivity index (χ3v) is 4.86. The molecule has 0 bridgehead atoms. The van der Waals surface area contributed by atoms with Gasteiger partial charge in [-0.3, -0.25) is 4.99 Å². The lowest BCUT2D eigenvalue weighted by molar-refractivity contribution is 0.0168. The molecule has 0 radical (unpaired) electrons. The van der Waals surface area contributed by atoms with Crippen molar-refractivity contribution in [2.75, 3.05) is 54.1 Å². The quantitative estimate of drug-likeness (QED) is 0.210. The summed E-state index contributed by atoms with van der Waals surface area (Å²) in [7, 11) is 6.05. The van der Waals surface area contributed by atoms with Gasteiger partial charge in [-0.15, -0.1) is 24.0 Å². The Bertz CT molecular complexity index is 536. The summed E-state index contributed by atoms with van der Waals surface area (Å²) in [5.74, 6) is 0.842. The average Bonchev–Trinajstić information content (AvgIpc) is 3.20. The van der Waals surface area contributed by atoms with Gasteiger partial charge in [0.15, 0.2) is 5.96 Å². The summed E-state index contributed by atoms with van der Waals surface area (Å²) in [4.78, 5) is 6.58. The minimum Gasteiger partial charge on any atom is -0.379 e. The van der Waals surface area contributed by atoms with E-state index >= 15 is 0 Å². The molecule has 6 nitrogen and oxygen atoms in total. The Morgan fingerprint density at radius 3 is 2.71 bits per heavy atom. The van der Waals surface area contributed by atoms with Crippen LogP contribution in [0.5, 0.6) is 0 Å². The van der Waals surface area contributed by atoms with E-state index in [-0.39, 0.29) is 24.0 Å². The highest BCUT2D eigenvalue weighted by molar-refractivity contribution is 14.0. The van der Waals surface area contributed by atoms with Crippen molar-refractivity contribution in [3.8, 4) is 0 Å². The molecular formula is C21H37IN4O2. The zero-order valence-corrected chi connectivity index (χ0v) is 19.9. The van der Waals surface area contributed by atoms with Crippen molar-refractivity contribution in [2.45, 2.75) is 37.8 Å². The Morgan fingerprint density at radius 1 is 1.29 bits per heavy atom. The van der Waals surface area contributed by atoms with Crippen LogP contribution in [-0.4, -0.2) is 77.1 Å². The van der Waals surface area contributed by atoms with E-state index in [4.69, 9.17) is 9.47 Å². The summed E-state index contributed by atoms with van der Waals surface area (Å²) >= 11 is 0. The van der Waals surface area contributed by atoms with Crippen molar-refractivity contribution in [3.63, 3.8) is 0 Å². The predicted octanol–water partition coefficient (Wildman–Crippen LogP) is 2.53. The second-order valence-electron chi connectivity index (χ2n) is 7.25. The van der Waals surface area contributed by atoms with Crippen LogP contribution in [0.15, 0.2) is 35.3 Å². The first-order chi connectivity index (χ1) is 13.2. The van der Waals surface area contributed by atoms with Gasteiger partial charge in [-0.05, 0) is 45.3 Å². The normalized spacial score (nSPS) is 18.0. The Labute approximate surface area is 187 Å². The van der Waals surface area contributed by atoms with Gasteiger partial charge in [0, 0.05) is 39.4 Å². The molecule has 1 saturated heterocycles. The van der Waals surface area contributed by atoms with E-state index in [1.54, 1.807) is 0 Å². The van der Waals surface area contributed by atoms with Gasteiger partial charge < -0.3 is 25.0 Å². The lowest BCUT2D eigenvalue weighted by Crippen LogP contribution is -2.46. The molecular weight excluding hydrogens is 467 g/mol. The van der Waals surface area contributed by atoms with Crippen molar-refractivity contribution < 1.29 is 9.47 Å². The number of hydrogen-bond acceptors (Lipinski definition) is 4. The van der Waals surface area contributed by atoms with E-state index in [0.717, 1.165) is 64.6 Å². The van der Waals surface area contributed by atoms with Crippen LogP contribution in [0.2, 0.25) is 0 Å². The summed E-state index contributed by atoms with van der Waals surface area (Å²) in [6.45, 7) is 4.04. The second-order valence-corrected chi connectivity index (χ2v) is 7.25. The molecule has 0 saturated carbocycles. The molecule has 1 aromatic carbocycles. The van der Waals surface area contributed by atoms with Gasteiger partial charge in [-0.25, -0.2) is 0 Å². The Hall–Kier alpha value is -0.900. The molecule has 2 atom stereocenters. The molecule has 7 heteroatoms. The number of guanidine groups is 1. The minimum atomic E-state index is 0. The molecule has 0 aromatic heterocycles. The molecule has 0 spiro atoms. The van der Waals surface area contributed by atoms with E-state index in [1.165, 1.54) is 5.56 Å². The van der Waals surface area contributed by atoms with Gasteiger partial charge in [0.2, 0.25) is 0 Å². The van der Waals surface area contributed by atoms with Crippen LogP contribution in [0.4, 0.5) is 0 Å². The summed E-state index contributed by atoms with van der Waals surface area (Å²) in [5, 5.41) is 6.81. The van der Waals surface area contributed by atoms with Gasteiger partial charge in [0.25, 0.3) is 0 Å². The fourth-order valence-corrected chi connectivity index (χ4v) is 3.13. The molecule has 160 valence electrons. The highest BCUT2D eigenvalue weighted by atomic mass is 127. The van der Waals surface area contributed by atoms with Gasteiger partial charge in [0.1, 0.15) is 0 Å². The van der Waals surface area contributed by atoms with Crippen molar-refractivity contribution in [1.82, 2.24) is 15.5 Å². The number of benzene rings is 1. The molecule has 0 amide bonds. The molecule has 28 heavy (non-hydrogen) atoms. The molecule has 0 aliphatic carbocycles. The summed E-state index contributed by atoms with van der Waals surface area (Å²) in [6, 6.07) is 11.0. The third-order valence-electron chi connectivity index (χ3n) is 4.86. The van der Waals surface area contributed by atoms with Crippen molar-refractivity contribution >= 4 is 29.9 Å². The smallest absolute Gasteiger partial charge is 0.191 e. The number of ether oxygens (including phenoxy) is 2. The van der Waals surface area contributed by atoms with E-state index in [9.17, 15) is 0 Å². The molecule has 1 fully saturated rings. The van der Waals surface area contributed by atoms with E-state index in [0.29, 0.717) is 12.1 Å². The number of halogens is 1. The molecule has 1 aliphatic rings. The first kappa shape index (κ1) is 25.1. The topological polar surface area (TPSA) is 58.1 Å². The van der Waals surface area contributed by atoms with Crippen LogP contribution in [0.25, 0.3) is 0 Å².